The maximum Gasteiger partial charge on any atom is 0.107 e. The van der Waals surface area contributed by atoms with Gasteiger partial charge in [0, 0.05) is 6.61 Å². The molecule has 0 N–H and O–H groups in total. The maximum atomic E-state index is 5.46. The van der Waals surface area contributed by atoms with Gasteiger partial charge in [0.2, 0.25) is 0 Å². The third-order valence-electron chi connectivity index (χ3n) is 2.32. The van der Waals surface area contributed by atoms with Gasteiger partial charge in [-0.25, -0.2) is 0 Å². The van der Waals surface area contributed by atoms with Crippen LogP contribution in [0.4, 0.5) is 0 Å². The van der Waals surface area contributed by atoms with Gasteiger partial charge in [0.05, 0.1) is 6.10 Å². The molecule has 1 saturated heterocycles. The second-order valence-electron chi connectivity index (χ2n) is 3.33. The lowest BCUT2D eigenvalue weighted by atomic mass is 9.64. The zero-order chi connectivity index (χ0) is 6.85. The van der Waals surface area contributed by atoms with Crippen LogP contribution < -0.4 is 0 Å². The molecule has 0 aromatic carbocycles. The topological polar surface area (TPSA) is 9.23 Å². The van der Waals surface area contributed by atoms with Crippen LogP contribution in [-0.2, 0) is 4.74 Å². The Morgan fingerprint density at radius 3 is 2.44 bits per heavy atom. The van der Waals surface area contributed by atoms with E-state index in [-0.39, 0.29) is 0 Å². The highest BCUT2D eigenvalue weighted by Gasteiger charge is 2.21. The van der Waals surface area contributed by atoms with Crippen molar-refractivity contribution in [2.75, 3.05) is 6.61 Å². The van der Waals surface area contributed by atoms with Gasteiger partial charge in [-0.3, -0.25) is 0 Å². The SMILES string of the molecule is BC1COC(C)CC1B. The van der Waals surface area contributed by atoms with Crippen LogP contribution in [0.2, 0.25) is 11.6 Å². The van der Waals surface area contributed by atoms with Crippen LogP contribution in [0.25, 0.3) is 0 Å². The van der Waals surface area contributed by atoms with Crippen LogP contribution in [0.15, 0.2) is 0 Å². The molecule has 50 valence electrons. The highest BCUT2D eigenvalue weighted by atomic mass is 16.5. The quantitative estimate of drug-likeness (QED) is 0.400. The van der Waals surface area contributed by atoms with Crippen molar-refractivity contribution >= 4 is 15.7 Å². The Morgan fingerprint density at radius 2 is 2.00 bits per heavy atom. The van der Waals surface area contributed by atoms with Crippen molar-refractivity contribution < 1.29 is 4.74 Å². The zero-order valence-corrected chi connectivity index (χ0v) is 6.55. The average molecular weight is 124 g/mol. The van der Waals surface area contributed by atoms with Gasteiger partial charge in [-0.15, -0.1) is 0 Å². The van der Waals surface area contributed by atoms with E-state index in [9.17, 15) is 0 Å². The first-order valence-corrected chi connectivity index (χ1v) is 3.81. The predicted molar refractivity (Wildman–Crippen MR) is 44.6 cm³/mol. The van der Waals surface area contributed by atoms with E-state index in [2.05, 4.69) is 22.6 Å². The summed E-state index contributed by atoms with van der Waals surface area (Å²) in [5.41, 5.74) is 0. The summed E-state index contributed by atoms with van der Waals surface area (Å²) in [4.78, 5) is 0. The Kier molecular flexibility index (Phi) is 2.23. The van der Waals surface area contributed by atoms with Crippen LogP contribution in [0.5, 0.6) is 0 Å². The van der Waals surface area contributed by atoms with E-state index in [0.29, 0.717) is 6.10 Å². The fraction of sp³-hybridized carbons (Fsp3) is 1.00. The monoisotopic (exact) mass is 124 g/mol. The summed E-state index contributed by atoms with van der Waals surface area (Å²) in [6, 6.07) is 0. The summed E-state index contributed by atoms with van der Waals surface area (Å²) >= 11 is 0. The zero-order valence-electron chi connectivity index (χ0n) is 6.55. The standard InChI is InChI=1S/C6H14B2O/c1-4-2-5(7)6(8)3-9-4/h4-6H,2-3,7-8H2,1H3. The van der Waals surface area contributed by atoms with Crippen molar-refractivity contribution in [3.8, 4) is 0 Å². The fourth-order valence-electron chi connectivity index (χ4n) is 1.30. The number of rotatable bonds is 0. The second-order valence-corrected chi connectivity index (χ2v) is 3.33. The normalized spacial score (nSPS) is 44.8. The summed E-state index contributed by atoms with van der Waals surface area (Å²) in [6.07, 6.45) is 1.73. The fourth-order valence-corrected chi connectivity index (χ4v) is 1.30. The van der Waals surface area contributed by atoms with Crippen LogP contribution in [-0.4, -0.2) is 28.4 Å². The van der Waals surface area contributed by atoms with E-state index in [1.165, 1.54) is 6.42 Å². The molecule has 0 spiro atoms. The van der Waals surface area contributed by atoms with E-state index < -0.39 is 0 Å². The Bertz CT molecular complexity index is 97.1. The van der Waals surface area contributed by atoms with E-state index in [1.807, 2.05) is 0 Å². The van der Waals surface area contributed by atoms with Gasteiger partial charge in [-0.1, -0.05) is 11.6 Å². The first kappa shape index (κ1) is 7.20. The van der Waals surface area contributed by atoms with E-state index in [0.717, 1.165) is 18.2 Å². The smallest absolute Gasteiger partial charge is 0.107 e. The van der Waals surface area contributed by atoms with Crippen molar-refractivity contribution in [2.24, 2.45) is 0 Å². The van der Waals surface area contributed by atoms with E-state index in [4.69, 9.17) is 4.74 Å². The Morgan fingerprint density at radius 1 is 1.33 bits per heavy atom. The van der Waals surface area contributed by atoms with Crippen molar-refractivity contribution in [3.05, 3.63) is 0 Å². The minimum absolute atomic E-state index is 0.496. The first-order valence-electron chi connectivity index (χ1n) is 3.81. The summed E-state index contributed by atoms with van der Waals surface area (Å²) in [5, 5.41) is 0. The molecule has 0 amide bonds. The molecule has 0 bridgehead atoms. The molecule has 0 radical (unpaired) electrons. The lowest BCUT2D eigenvalue weighted by Crippen LogP contribution is -2.25. The molecule has 1 fully saturated rings. The molecule has 0 saturated carbocycles. The second kappa shape index (κ2) is 2.78. The van der Waals surface area contributed by atoms with E-state index >= 15 is 0 Å². The summed E-state index contributed by atoms with van der Waals surface area (Å²) < 4.78 is 5.46. The molecule has 3 atom stereocenters. The van der Waals surface area contributed by atoms with E-state index in [1.54, 1.807) is 0 Å². The van der Waals surface area contributed by atoms with Gasteiger partial charge < -0.3 is 4.74 Å². The van der Waals surface area contributed by atoms with Gasteiger partial charge in [-0.05, 0) is 13.3 Å². The minimum Gasteiger partial charge on any atom is -0.379 e. The molecule has 1 aliphatic rings. The molecule has 0 aliphatic carbocycles. The third kappa shape index (κ3) is 1.75. The van der Waals surface area contributed by atoms with Gasteiger partial charge in [0.1, 0.15) is 15.7 Å². The van der Waals surface area contributed by atoms with Crippen LogP contribution >= 0.6 is 0 Å². The van der Waals surface area contributed by atoms with Gasteiger partial charge in [0.15, 0.2) is 0 Å². The summed E-state index contributed by atoms with van der Waals surface area (Å²) in [5.74, 6) is 1.62. The van der Waals surface area contributed by atoms with Crippen molar-refractivity contribution in [2.45, 2.75) is 31.1 Å². The summed E-state index contributed by atoms with van der Waals surface area (Å²) in [6.45, 7) is 3.12. The largest absolute Gasteiger partial charge is 0.379 e. The molecule has 9 heavy (non-hydrogen) atoms. The third-order valence-corrected chi connectivity index (χ3v) is 2.32. The van der Waals surface area contributed by atoms with Crippen LogP contribution in [0.1, 0.15) is 13.3 Å². The molecule has 1 aliphatic heterocycles. The summed E-state index contributed by atoms with van der Waals surface area (Å²) in [7, 11) is 4.57. The molecule has 1 nitrogen and oxygen atoms in total. The maximum absolute atomic E-state index is 5.46. The van der Waals surface area contributed by atoms with Gasteiger partial charge in [-0.2, -0.15) is 0 Å². The molecular weight excluding hydrogens is 110 g/mol. The molecule has 1 rings (SSSR count). The molecule has 3 unspecified atom stereocenters. The molecule has 1 heterocycles. The Hall–Kier alpha value is 0.0899. The Balaban J connectivity index is 2.35. The van der Waals surface area contributed by atoms with Gasteiger partial charge in [0.25, 0.3) is 0 Å². The molecular formula is C6H14B2O. The van der Waals surface area contributed by atoms with Gasteiger partial charge >= 0.3 is 0 Å². The minimum atomic E-state index is 0.496. The average Bonchev–Trinajstić information content (AvgIpc) is 1.80. The highest BCUT2D eigenvalue weighted by molar-refractivity contribution is 6.21. The lowest BCUT2D eigenvalue weighted by Gasteiger charge is -2.30. The predicted octanol–water partition coefficient (Wildman–Crippen LogP) is -0.362. The van der Waals surface area contributed by atoms with Crippen LogP contribution in [0.3, 0.4) is 0 Å². The molecule has 3 heteroatoms. The number of hydrogen-bond donors (Lipinski definition) is 0. The molecule has 0 aromatic heterocycles. The van der Waals surface area contributed by atoms with Crippen LogP contribution in [0, 0.1) is 0 Å². The van der Waals surface area contributed by atoms with Crippen molar-refractivity contribution in [1.82, 2.24) is 0 Å². The number of ether oxygens (including phenoxy) is 1. The highest BCUT2D eigenvalue weighted by Crippen LogP contribution is 2.29. The Labute approximate surface area is 59.0 Å². The number of hydrogen-bond acceptors (Lipinski definition) is 1. The molecule has 0 aromatic rings. The van der Waals surface area contributed by atoms with Crippen molar-refractivity contribution in [1.29, 1.82) is 0 Å². The first-order chi connectivity index (χ1) is 4.20. The lowest BCUT2D eigenvalue weighted by molar-refractivity contribution is 0.0297. The van der Waals surface area contributed by atoms with Crippen molar-refractivity contribution in [3.63, 3.8) is 0 Å².